The van der Waals surface area contributed by atoms with Gasteiger partial charge < -0.3 is 14.5 Å². The minimum atomic E-state index is -2.81. The topological polar surface area (TPSA) is 38.6 Å². The average Bonchev–Trinajstić information content (AvgIpc) is 2.84. The third-order valence-electron chi connectivity index (χ3n) is 3.35. The van der Waals surface area contributed by atoms with Crippen molar-refractivity contribution < 1.29 is 13.5 Å². The summed E-state index contributed by atoms with van der Waals surface area (Å²) in [7, 11) is 0. The summed E-state index contributed by atoms with van der Waals surface area (Å²) in [5, 5.41) is 3.73. The van der Waals surface area contributed by atoms with Crippen LogP contribution in [0.25, 0.3) is 5.65 Å². The minimum absolute atomic E-state index is 0. The first-order valence-electron chi connectivity index (χ1n) is 6.99. The lowest BCUT2D eigenvalue weighted by molar-refractivity contribution is -0.0498. The molecule has 24 heavy (non-hydrogen) atoms. The number of hydrogen-bond donors (Lipinski definition) is 1. The monoisotopic (exact) mass is 373 g/mol. The largest absolute Gasteiger partial charge is 0.435 e. The zero-order valence-corrected chi connectivity index (χ0v) is 14.0. The van der Waals surface area contributed by atoms with E-state index < -0.39 is 6.61 Å². The standard InChI is InChI=1S/C16H14ClF2N3O.ClH/c17-15-13(22-8-2-1-3-14(22)21-15)10-20-9-11-4-6-12(7-5-11)23-16(18)19;/h1-8,16,20H,9-10H2;1H. The first-order valence-corrected chi connectivity index (χ1v) is 7.37. The quantitative estimate of drug-likeness (QED) is 0.699. The molecule has 0 saturated heterocycles. The smallest absolute Gasteiger partial charge is 0.387 e. The Kier molecular flexibility index (Phi) is 6.36. The van der Waals surface area contributed by atoms with E-state index in [9.17, 15) is 8.78 Å². The zero-order chi connectivity index (χ0) is 16.2. The molecular weight excluding hydrogens is 359 g/mol. The number of rotatable bonds is 6. The molecule has 128 valence electrons. The van der Waals surface area contributed by atoms with Gasteiger partial charge in [-0.15, -0.1) is 12.4 Å². The molecule has 0 atom stereocenters. The van der Waals surface area contributed by atoms with Crippen molar-refractivity contribution in [2.24, 2.45) is 0 Å². The second-order valence-electron chi connectivity index (χ2n) is 4.90. The van der Waals surface area contributed by atoms with Crippen LogP contribution in [0.2, 0.25) is 5.15 Å². The fourth-order valence-electron chi connectivity index (χ4n) is 2.29. The molecule has 0 aliphatic carbocycles. The molecule has 0 aliphatic rings. The number of imidazole rings is 1. The van der Waals surface area contributed by atoms with E-state index in [1.165, 1.54) is 12.1 Å². The van der Waals surface area contributed by atoms with Crippen LogP contribution < -0.4 is 10.1 Å². The van der Waals surface area contributed by atoms with Crippen LogP contribution in [-0.4, -0.2) is 16.0 Å². The van der Waals surface area contributed by atoms with Crippen molar-refractivity contribution in [3.8, 4) is 5.75 Å². The van der Waals surface area contributed by atoms with Gasteiger partial charge in [0, 0.05) is 19.3 Å². The molecule has 1 aromatic carbocycles. The van der Waals surface area contributed by atoms with E-state index in [0.29, 0.717) is 18.2 Å². The number of benzene rings is 1. The van der Waals surface area contributed by atoms with Gasteiger partial charge in [-0.05, 0) is 29.8 Å². The van der Waals surface area contributed by atoms with E-state index in [-0.39, 0.29) is 18.2 Å². The van der Waals surface area contributed by atoms with E-state index in [2.05, 4.69) is 15.0 Å². The van der Waals surface area contributed by atoms with Crippen LogP contribution in [0.15, 0.2) is 48.7 Å². The molecule has 8 heteroatoms. The van der Waals surface area contributed by atoms with Crippen LogP contribution in [-0.2, 0) is 13.1 Å². The highest BCUT2D eigenvalue weighted by molar-refractivity contribution is 6.30. The number of halogens is 4. The Balaban J connectivity index is 0.00000208. The minimum Gasteiger partial charge on any atom is -0.435 e. The van der Waals surface area contributed by atoms with Gasteiger partial charge in [0.1, 0.15) is 11.4 Å². The number of alkyl halides is 2. The number of pyridine rings is 1. The second-order valence-corrected chi connectivity index (χ2v) is 5.26. The summed E-state index contributed by atoms with van der Waals surface area (Å²) < 4.78 is 30.4. The average molecular weight is 374 g/mol. The van der Waals surface area contributed by atoms with E-state index in [4.69, 9.17) is 11.6 Å². The summed E-state index contributed by atoms with van der Waals surface area (Å²) >= 11 is 6.16. The van der Waals surface area contributed by atoms with Crippen LogP contribution in [0.3, 0.4) is 0 Å². The van der Waals surface area contributed by atoms with Crippen molar-refractivity contribution in [3.05, 3.63) is 65.1 Å². The lowest BCUT2D eigenvalue weighted by Crippen LogP contribution is -2.14. The molecule has 0 saturated carbocycles. The van der Waals surface area contributed by atoms with Gasteiger partial charge in [0.15, 0.2) is 5.15 Å². The maximum Gasteiger partial charge on any atom is 0.387 e. The van der Waals surface area contributed by atoms with Gasteiger partial charge in [-0.2, -0.15) is 8.78 Å². The maximum absolute atomic E-state index is 12.1. The van der Waals surface area contributed by atoms with Crippen LogP contribution in [0.4, 0.5) is 8.78 Å². The van der Waals surface area contributed by atoms with Crippen LogP contribution in [0.5, 0.6) is 5.75 Å². The third-order valence-corrected chi connectivity index (χ3v) is 3.65. The summed E-state index contributed by atoms with van der Waals surface area (Å²) in [4.78, 5) is 4.28. The van der Waals surface area contributed by atoms with Gasteiger partial charge in [-0.3, -0.25) is 0 Å². The van der Waals surface area contributed by atoms with Crippen LogP contribution >= 0.6 is 24.0 Å². The third kappa shape index (κ3) is 4.35. The molecule has 3 rings (SSSR count). The summed E-state index contributed by atoms with van der Waals surface area (Å²) in [6, 6.07) is 12.2. The fourth-order valence-corrected chi connectivity index (χ4v) is 2.53. The lowest BCUT2D eigenvalue weighted by atomic mass is 10.2. The highest BCUT2D eigenvalue weighted by Crippen LogP contribution is 2.18. The van der Waals surface area contributed by atoms with Crippen molar-refractivity contribution >= 4 is 29.7 Å². The summed E-state index contributed by atoms with van der Waals surface area (Å²) in [6.07, 6.45) is 1.90. The predicted octanol–water partition coefficient (Wildman–Crippen LogP) is 4.30. The Morgan fingerprint density at radius 1 is 1.12 bits per heavy atom. The van der Waals surface area contributed by atoms with Gasteiger partial charge in [-0.25, -0.2) is 4.98 Å². The Bertz CT molecular complexity index is 794. The number of aromatic nitrogens is 2. The summed E-state index contributed by atoms with van der Waals surface area (Å²) in [5.41, 5.74) is 2.62. The SMILES string of the molecule is Cl.FC(F)Oc1ccc(CNCc2c(Cl)nc3ccccn23)cc1. The lowest BCUT2D eigenvalue weighted by Gasteiger charge is -2.07. The van der Waals surface area contributed by atoms with E-state index in [1.54, 1.807) is 12.1 Å². The Hall–Kier alpha value is -1.89. The van der Waals surface area contributed by atoms with Gasteiger partial charge in [0.25, 0.3) is 0 Å². The molecule has 0 fully saturated rings. The molecule has 2 heterocycles. The van der Waals surface area contributed by atoms with Crippen molar-refractivity contribution in [2.45, 2.75) is 19.7 Å². The van der Waals surface area contributed by atoms with Gasteiger partial charge >= 0.3 is 6.61 Å². The molecule has 0 bridgehead atoms. The molecule has 0 amide bonds. The highest BCUT2D eigenvalue weighted by atomic mass is 35.5. The molecule has 3 aromatic rings. The van der Waals surface area contributed by atoms with E-state index >= 15 is 0 Å². The van der Waals surface area contributed by atoms with Crippen molar-refractivity contribution in [1.82, 2.24) is 14.7 Å². The van der Waals surface area contributed by atoms with Crippen LogP contribution in [0, 0.1) is 0 Å². The highest BCUT2D eigenvalue weighted by Gasteiger charge is 2.09. The second kappa shape index (κ2) is 8.28. The molecule has 2 aromatic heterocycles. The molecule has 1 N–H and O–H groups in total. The van der Waals surface area contributed by atoms with Crippen molar-refractivity contribution in [2.75, 3.05) is 0 Å². The van der Waals surface area contributed by atoms with Gasteiger partial charge in [-0.1, -0.05) is 29.8 Å². The number of nitrogens with zero attached hydrogens (tertiary/aromatic N) is 2. The normalized spacial score (nSPS) is 10.8. The fraction of sp³-hybridized carbons (Fsp3) is 0.188. The molecule has 0 aliphatic heterocycles. The van der Waals surface area contributed by atoms with Crippen molar-refractivity contribution in [3.63, 3.8) is 0 Å². The molecule has 0 spiro atoms. The van der Waals surface area contributed by atoms with E-state index in [0.717, 1.165) is 16.9 Å². The summed E-state index contributed by atoms with van der Waals surface area (Å²) in [6.45, 7) is -1.69. The van der Waals surface area contributed by atoms with Gasteiger partial charge in [0.05, 0.1) is 5.69 Å². The first kappa shape index (κ1) is 18.4. The Morgan fingerprint density at radius 3 is 2.58 bits per heavy atom. The number of nitrogens with one attached hydrogen (secondary N) is 1. The van der Waals surface area contributed by atoms with E-state index in [1.807, 2.05) is 28.8 Å². The molecule has 4 nitrogen and oxygen atoms in total. The molecule has 0 radical (unpaired) electrons. The number of fused-ring (bicyclic) bond motifs is 1. The summed E-state index contributed by atoms with van der Waals surface area (Å²) in [5.74, 6) is 0.147. The Morgan fingerprint density at radius 2 is 1.88 bits per heavy atom. The predicted molar refractivity (Wildman–Crippen MR) is 91.1 cm³/mol. The maximum atomic E-state index is 12.1. The Labute approximate surface area is 148 Å². The van der Waals surface area contributed by atoms with Gasteiger partial charge in [0.2, 0.25) is 0 Å². The molecular formula is C16H15Cl2F2N3O. The van der Waals surface area contributed by atoms with Crippen molar-refractivity contribution in [1.29, 1.82) is 0 Å². The first-order chi connectivity index (χ1) is 11.1. The number of ether oxygens (including phenoxy) is 1. The van der Waals surface area contributed by atoms with Crippen LogP contribution in [0.1, 0.15) is 11.3 Å². The zero-order valence-electron chi connectivity index (χ0n) is 12.5. The molecule has 0 unspecified atom stereocenters. The number of hydrogen-bond acceptors (Lipinski definition) is 3.